The minimum absolute atomic E-state index is 0.0549. The van der Waals surface area contributed by atoms with Crippen LogP contribution in [-0.4, -0.2) is 31.7 Å². The molecule has 9 heteroatoms. The Bertz CT molecular complexity index is 1510. The molecule has 0 saturated carbocycles. The van der Waals surface area contributed by atoms with E-state index in [0.29, 0.717) is 39.6 Å². The lowest BCUT2D eigenvalue weighted by Gasteiger charge is -2.07. The van der Waals surface area contributed by atoms with Gasteiger partial charge in [-0.15, -0.1) is 0 Å². The summed E-state index contributed by atoms with van der Waals surface area (Å²) in [5, 5.41) is 25.6. The number of methoxy groups -OCH3 is 2. The third-order valence-corrected chi connectivity index (χ3v) is 5.47. The fourth-order valence-corrected chi connectivity index (χ4v) is 3.28. The second kappa shape index (κ2) is 13.6. The highest BCUT2D eigenvalue weighted by atomic mass is 16.5. The molecule has 2 amide bonds. The topological polar surface area (TPSA) is 137 Å². The zero-order valence-corrected chi connectivity index (χ0v) is 21.6. The van der Waals surface area contributed by atoms with Gasteiger partial charge in [-0.1, -0.05) is 36.4 Å². The molecule has 39 heavy (non-hydrogen) atoms. The molecule has 9 nitrogen and oxygen atoms in total. The average Bonchev–Trinajstić information content (AvgIpc) is 2.98. The van der Waals surface area contributed by atoms with E-state index in [4.69, 9.17) is 9.47 Å². The Labute approximate surface area is 226 Å². The first-order valence-electron chi connectivity index (χ1n) is 11.6. The second-order valence-electron chi connectivity index (χ2n) is 8.06. The van der Waals surface area contributed by atoms with Gasteiger partial charge in [-0.3, -0.25) is 9.59 Å². The predicted molar refractivity (Wildman–Crippen MR) is 149 cm³/mol. The number of carbonyl (C=O) groups is 2. The molecule has 0 aliphatic heterocycles. The monoisotopic (exact) mass is 519 g/mol. The molecule has 0 saturated heterocycles. The van der Waals surface area contributed by atoms with E-state index < -0.39 is 11.8 Å². The van der Waals surface area contributed by atoms with E-state index >= 15 is 0 Å². The van der Waals surface area contributed by atoms with E-state index in [9.17, 15) is 20.1 Å². The summed E-state index contributed by atoms with van der Waals surface area (Å²) in [4.78, 5) is 25.0. The number of nitrogens with one attached hydrogen (secondary N) is 2. The number of rotatable bonds is 9. The van der Waals surface area contributed by atoms with E-state index in [1.54, 1.807) is 93.9 Å². The molecule has 0 heterocycles. The van der Waals surface area contributed by atoms with Crippen molar-refractivity contribution in [3.63, 3.8) is 0 Å². The van der Waals surface area contributed by atoms with Crippen LogP contribution in [0.3, 0.4) is 0 Å². The summed E-state index contributed by atoms with van der Waals surface area (Å²) >= 11 is 0. The number of benzene rings is 3. The summed E-state index contributed by atoms with van der Waals surface area (Å²) < 4.78 is 10.2. The molecule has 0 aromatic heterocycles. The number of ether oxygens (including phenoxy) is 2. The molecule has 0 bridgehead atoms. The molecular weight excluding hydrogens is 494 g/mol. The quantitative estimate of drug-likeness (QED) is 0.182. The van der Waals surface area contributed by atoms with Crippen LogP contribution in [0.15, 0.2) is 89.0 Å². The maximum atomic E-state index is 12.6. The maximum absolute atomic E-state index is 12.6. The lowest BCUT2D eigenvalue weighted by atomic mass is 10.1. The zero-order chi connectivity index (χ0) is 28.2. The van der Waals surface area contributed by atoms with Gasteiger partial charge in [0.2, 0.25) is 0 Å². The number of nitriles is 2. The SMILES string of the molecule is COc1ccc(/C=C(\C#N)C(=O)N/N=C(\C)c2ccc(NC(=O)/C(C#N)=C/c3ccc(OC)cc3)cc2)cc1. The van der Waals surface area contributed by atoms with E-state index in [1.807, 2.05) is 12.1 Å². The van der Waals surface area contributed by atoms with Crippen molar-refractivity contribution in [2.45, 2.75) is 6.92 Å². The molecule has 0 aliphatic carbocycles. The van der Waals surface area contributed by atoms with Crippen LogP contribution in [0.4, 0.5) is 5.69 Å². The van der Waals surface area contributed by atoms with Gasteiger partial charge in [0.15, 0.2) is 0 Å². The molecule has 0 atom stereocenters. The van der Waals surface area contributed by atoms with Gasteiger partial charge < -0.3 is 14.8 Å². The Balaban J connectivity index is 1.64. The Hall–Kier alpha value is -5.67. The van der Waals surface area contributed by atoms with Crippen molar-refractivity contribution in [2.24, 2.45) is 5.10 Å². The Morgan fingerprint density at radius 2 is 1.21 bits per heavy atom. The summed E-state index contributed by atoms with van der Waals surface area (Å²) in [6.07, 6.45) is 2.94. The lowest BCUT2D eigenvalue weighted by Crippen LogP contribution is -2.20. The largest absolute Gasteiger partial charge is 0.497 e. The van der Waals surface area contributed by atoms with Crippen molar-refractivity contribution in [1.82, 2.24) is 5.43 Å². The van der Waals surface area contributed by atoms with Crippen molar-refractivity contribution < 1.29 is 19.1 Å². The summed E-state index contributed by atoms with van der Waals surface area (Å²) in [7, 11) is 3.11. The van der Waals surface area contributed by atoms with E-state index in [1.165, 1.54) is 12.2 Å². The minimum atomic E-state index is -0.649. The molecule has 3 aromatic carbocycles. The number of hydrazone groups is 1. The molecule has 0 spiro atoms. The Kier molecular flexibility index (Phi) is 9.72. The highest BCUT2D eigenvalue weighted by Gasteiger charge is 2.11. The van der Waals surface area contributed by atoms with E-state index in [-0.39, 0.29) is 11.1 Å². The number of amides is 2. The first-order valence-corrected chi connectivity index (χ1v) is 11.6. The number of carbonyl (C=O) groups excluding carboxylic acids is 2. The van der Waals surface area contributed by atoms with Crippen LogP contribution in [0.25, 0.3) is 12.2 Å². The van der Waals surface area contributed by atoms with Gasteiger partial charge in [-0.2, -0.15) is 15.6 Å². The molecule has 0 fully saturated rings. The van der Waals surface area contributed by atoms with Gasteiger partial charge in [0.1, 0.15) is 34.8 Å². The van der Waals surface area contributed by atoms with Crippen molar-refractivity contribution in [3.8, 4) is 23.6 Å². The first-order chi connectivity index (χ1) is 18.9. The maximum Gasteiger partial charge on any atom is 0.282 e. The van der Waals surface area contributed by atoms with Gasteiger partial charge in [-0.25, -0.2) is 5.43 Å². The van der Waals surface area contributed by atoms with Crippen molar-refractivity contribution >= 4 is 35.4 Å². The fraction of sp³-hybridized carbons (Fsp3) is 0.100. The predicted octanol–water partition coefficient (Wildman–Crippen LogP) is 4.70. The molecule has 194 valence electrons. The number of nitrogens with zero attached hydrogens (tertiary/aromatic N) is 3. The van der Waals surface area contributed by atoms with Crippen LogP contribution in [0.5, 0.6) is 11.5 Å². The normalized spacial score (nSPS) is 11.6. The second-order valence-corrected chi connectivity index (χ2v) is 8.06. The average molecular weight is 520 g/mol. The third-order valence-electron chi connectivity index (χ3n) is 5.47. The fourth-order valence-electron chi connectivity index (χ4n) is 3.28. The summed E-state index contributed by atoms with van der Waals surface area (Å²) in [5.74, 6) is 0.135. The van der Waals surface area contributed by atoms with Gasteiger partial charge in [0.25, 0.3) is 11.8 Å². The summed E-state index contributed by atoms with van der Waals surface area (Å²) in [6, 6.07) is 24.4. The van der Waals surface area contributed by atoms with Crippen LogP contribution in [0.1, 0.15) is 23.6 Å². The van der Waals surface area contributed by atoms with E-state index in [0.717, 1.165) is 0 Å². The molecule has 0 unspecified atom stereocenters. The highest BCUT2D eigenvalue weighted by molar-refractivity contribution is 6.10. The van der Waals surface area contributed by atoms with Crippen LogP contribution < -0.4 is 20.2 Å². The molecule has 3 aromatic rings. The molecule has 0 radical (unpaired) electrons. The Morgan fingerprint density at radius 3 is 1.64 bits per heavy atom. The van der Waals surface area contributed by atoms with Crippen LogP contribution in [0, 0.1) is 22.7 Å². The molecule has 0 aliphatic rings. The van der Waals surface area contributed by atoms with Crippen LogP contribution in [0.2, 0.25) is 0 Å². The first kappa shape index (κ1) is 27.9. The minimum Gasteiger partial charge on any atom is -0.497 e. The van der Waals surface area contributed by atoms with Crippen molar-refractivity contribution in [1.29, 1.82) is 10.5 Å². The number of anilines is 1. The smallest absolute Gasteiger partial charge is 0.282 e. The number of hydrogen-bond acceptors (Lipinski definition) is 7. The van der Waals surface area contributed by atoms with E-state index in [2.05, 4.69) is 15.8 Å². The molecule has 2 N–H and O–H groups in total. The van der Waals surface area contributed by atoms with Crippen molar-refractivity contribution in [2.75, 3.05) is 19.5 Å². The Morgan fingerprint density at radius 1 is 0.744 bits per heavy atom. The third kappa shape index (κ3) is 7.91. The summed E-state index contributed by atoms with van der Waals surface area (Å²) in [6.45, 7) is 1.69. The van der Waals surface area contributed by atoms with Gasteiger partial charge in [-0.05, 0) is 72.2 Å². The van der Waals surface area contributed by atoms with Crippen LogP contribution in [-0.2, 0) is 9.59 Å². The number of hydrogen-bond donors (Lipinski definition) is 2. The lowest BCUT2D eigenvalue weighted by molar-refractivity contribution is -0.117. The standard InChI is InChI=1S/C30H25N5O4/c1-20(34-35-30(37)25(19-32)17-22-6-14-28(39-3)15-7-22)23-8-10-26(11-9-23)33-29(36)24(18-31)16-21-4-12-27(38-2)13-5-21/h4-17H,1-3H3,(H,33,36)(H,35,37)/b24-16+,25-17+,34-20+. The van der Waals surface area contributed by atoms with Gasteiger partial charge in [0, 0.05) is 5.69 Å². The van der Waals surface area contributed by atoms with Crippen molar-refractivity contribution in [3.05, 3.63) is 101 Å². The molecular formula is C30H25N5O4. The van der Waals surface area contributed by atoms with Crippen LogP contribution >= 0.6 is 0 Å². The van der Waals surface area contributed by atoms with Gasteiger partial charge in [0.05, 0.1) is 19.9 Å². The molecule has 3 rings (SSSR count). The highest BCUT2D eigenvalue weighted by Crippen LogP contribution is 2.17. The summed E-state index contributed by atoms with van der Waals surface area (Å²) in [5.41, 5.74) is 5.22. The van der Waals surface area contributed by atoms with Gasteiger partial charge >= 0.3 is 0 Å². The zero-order valence-electron chi connectivity index (χ0n) is 21.6.